The van der Waals surface area contributed by atoms with Gasteiger partial charge in [-0.05, 0) is 73.0 Å². The first kappa shape index (κ1) is 27.7. The van der Waals surface area contributed by atoms with Crippen LogP contribution >= 0.6 is 11.3 Å². The molecule has 2 aliphatic heterocycles. The normalized spacial score (nSPS) is 19.3. The highest BCUT2D eigenvalue weighted by Crippen LogP contribution is 2.46. The average Bonchev–Trinajstić information content (AvgIpc) is 3.64. The van der Waals surface area contributed by atoms with Gasteiger partial charge in [-0.2, -0.15) is 0 Å². The van der Waals surface area contributed by atoms with E-state index in [2.05, 4.69) is 11.9 Å². The van der Waals surface area contributed by atoms with Crippen molar-refractivity contribution < 1.29 is 33.3 Å². The largest absolute Gasteiger partial charge is 0.507 e. The molecule has 0 saturated carbocycles. The number of hydrogen-bond donors (Lipinski definition) is 1. The van der Waals surface area contributed by atoms with E-state index in [1.54, 1.807) is 36.4 Å². The number of thiazole rings is 1. The van der Waals surface area contributed by atoms with Gasteiger partial charge in [0, 0.05) is 12.0 Å². The van der Waals surface area contributed by atoms with Gasteiger partial charge in [-0.1, -0.05) is 30.7 Å². The van der Waals surface area contributed by atoms with Gasteiger partial charge in [0.2, 0.25) is 0 Å². The van der Waals surface area contributed by atoms with Crippen molar-refractivity contribution in [2.75, 3.05) is 18.6 Å². The van der Waals surface area contributed by atoms with Crippen molar-refractivity contribution in [3.8, 4) is 17.2 Å². The molecule has 3 aromatic carbocycles. The summed E-state index contributed by atoms with van der Waals surface area (Å²) in [4.78, 5) is 33.1. The van der Waals surface area contributed by atoms with Crippen LogP contribution in [-0.2, 0) is 16.0 Å². The number of amides is 1. The molecule has 1 saturated heterocycles. The van der Waals surface area contributed by atoms with E-state index in [1.807, 2.05) is 6.92 Å². The molecule has 42 heavy (non-hydrogen) atoms. The fourth-order valence-electron chi connectivity index (χ4n) is 5.36. The van der Waals surface area contributed by atoms with Gasteiger partial charge in [0.1, 0.15) is 23.4 Å². The zero-order chi connectivity index (χ0) is 29.5. The molecule has 1 aromatic heterocycles. The number of carbonyl (C=O) groups is 2. The summed E-state index contributed by atoms with van der Waals surface area (Å²) in [5.74, 6) is -0.774. The van der Waals surface area contributed by atoms with Crippen molar-refractivity contribution in [2.45, 2.75) is 45.3 Å². The lowest BCUT2D eigenvalue weighted by Crippen LogP contribution is -2.29. The second-order valence-electron chi connectivity index (χ2n) is 10.3. The molecule has 0 aliphatic carbocycles. The van der Waals surface area contributed by atoms with Crippen molar-refractivity contribution in [2.24, 2.45) is 0 Å². The number of rotatable bonds is 8. The van der Waals surface area contributed by atoms with E-state index >= 15 is 0 Å². The van der Waals surface area contributed by atoms with Crippen LogP contribution in [-0.4, -0.2) is 41.6 Å². The van der Waals surface area contributed by atoms with E-state index in [-0.39, 0.29) is 22.6 Å². The monoisotopic (exact) mass is 588 g/mol. The molecule has 6 rings (SSSR count). The Morgan fingerprint density at radius 1 is 1.14 bits per heavy atom. The molecule has 8 nitrogen and oxygen atoms in total. The second kappa shape index (κ2) is 11.1. The summed E-state index contributed by atoms with van der Waals surface area (Å²) in [6, 6.07) is 13.5. The van der Waals surface area contributed by atoms with Gasteiger partial charge < -0.3 is 19.3 Å². The summed E-state index contributed by atoms with van der Waals surface area (Å²) in [5, 5.41) is 11.8. The number of methoxy groups -OCH3 is 1. The quantitative estimate of drug-likeness (QED) is 0.108. The number of unbranched alkanes of at least 4 members (excludes halogenated alkanes) is 1. The lowest BCUT2D eigenvalue weighted by atomic mass is 9.94. The van der Waals surface area contributed by atoms with Gasteiger partial charge in [0.05, 0.1) is 35.5 Å². The number of ketones is 1. The zero-order valence-corrected chi connectivity index (χ0v) is 24.2. The Bertz CT molecular complexity index is 1750. The number of aliphatic hydroxyl groups excluding tert-OH is 1. The number of aliphatic hydroxyl groups is 1. The number of hydrogen-bond acceptors (Lipinski definition) is 8. The first-order valence-electron chi connectivity index (χ1n) is 13.8. The molecule has 0 bridgehead atoms. The van der Waals surface area contributed by atoms with E-state index in [0.29, 0.717) is 45.9 Å². The predicted octanol–water partition coefficient (Wildman–Crippen LogP) is 6.57. The fourth-order valence-corrected chi connectivity index (χ4v) is 6.38. The second-order valence-corrected chi connectivity index (χ2v) is 11.4. The lowest BCUT2D eigenvalue weighted by molar-refractivity contribution is -0.132. The Kier molecular flexibility index (Phi) is 7.32. The molecule has 2 aliphatic rings. The zero-order valence-electron chi connectivity index (χ0n) is 23.3. The smallest absolute Gasteiger partial charge is 0.301 e. The predicted molar refractivity (Wildman–Crippen MR) is 158 cm³/mol. The van der Waals surface area contributed by atoms with Crippen LogP contribution in [0.25, 0.3) is 16.0 Å². The third-order valence-corrected chi connectivity index (χ3v) is 8.44. The number of nitrogens with zero attached hydrogens (tertiary/aromatic N) is 2. The van der Waals surface area contributed by atoms with Gasteiger partial charge in [0.15, 0.2) is 16.6 Å². The van der Waals surface area contributed by atoms with Crippen LogP contribution in [0.3, 0.4) is 0 Å². The summed E-state index contributed by atoms with van der Waals surface area (Å²) in [6.45, 7) is 4.53. The van der Waals surface area contributed by atoms with Crippen LogP contribution in [0.15, 0.2) is 60.2 Å². The van der Waals surface area contributed by atoms with Crippen molar-refractivity contribution in [1.29, 1.82) is 0 Å². The fraction of sp³-hybridized carbons (Fsp3) is 0.281. The van der Waals surface area contributed by atoms with Gasteiger partial charge >= 0.3 is 5.91 Å². The number of fused-ring (bicyclic) bond motifs is 2. The first-order chi connectivity index (χ1) is 20.3. The van der Waals surface area contributed by atoms with E-state index in [9.17, 15) is 19.1 Å². The highest BCUT2D eigenvalue weighted by atomic mass is 32.1. The maximum atomic E-state index is 14.0. The summed E-state index contributed by atoms with van der Waals surface area (Å²) >= 11 is 1.09. The molecule has 1 fully saturated rings. The molecule has 1 amide bonds. The number of ether oxygens (including phenoxy) is 3. The molecular weight excluding hydrogens is 559 g/mol. The first-order valence-corrected chi connectivity index (χ1v) is 14.6. The maximum absolute atomic E-state index is 14.0. The van der Waals surface area contributed by atoms with Crippen LogP contribution in [0.1, 0.15) is 49.4 Å². The molecular formula is C32H29FN2O6S. The Morgan fingerprint density at radius 2 is 1.98 bits per heavy atom. The number of carbonyl (C=O) groups excluding carboxylic acids is 2. The standard InChI is InChI=1S/C32H29FN2O6S/c1-4-5-12-40-24-11-6-18(15-25(24)39-3)28-27(29(36)19-7-10-23-20(14-19)13-17(2)41-23)30(37)31(38)35(28)32-34-22-9-8-21(33)16-26(22)42-32/h6-11,14-17,28,36H,4-5,12-13H2,1-3H3/b29-27+. The average molecular weight is 589 g/mol. The minimum Gasteiger partial charge on any atom is -0.507 e. The third-order valence-electron chi connectivity index (χ3n) is 7.42. The van der Waals surface area contributed by atoms with Crippen LogP contribution in [0.2, 0.25) is 0 Å². The molecule has 2 unspecified atom stereocenters. The number of benzene rings is 3. The molecule has 3 heterocycles. The van der Waals surface area contributed by atoms with E-state index in [0.717, 1.165) is 35.5 Å². The van der Waals surface area contributed by atoms with Crippen molar-refractivity contribution >= 4 is 44.1 Å². The van der Waals surface area contributed by atoms with Gasteiger partial charge in [0.25, 0.3) is 5.78 Å². The number of aromatic nitrogens is 1. The third kappa shape index (κ3) is 4.85. The SMILES string of the molecule is CCCCOc1ccc(C2/C(=C(\O)c3ccc4c(c3)CC(C)O4)C(=O)C(=O)N2c2nc3ccc(F)cc3s2)cc1OC. The molecule has 1 N–H and O–H groups in total. The number of Topliss-reactive ketones (excluding diaryl/α,β-unsaturated/α-hetero) is 1. The maximum Gasteiger partial charge on any atom is 0.301 e. The highest BCUT2D eigenvalue weighted by molar-refractivity contribution is 7.22. The topological polar surface area (TPSA) is 98.2 Å². The van der Waals surface area contributed by atoms with Gasteiger partial charge in [-0.3, -0.25) is 14.5 Å². The van der Waals surface area contributed by atoms with Crippen LogP contribution in [0, 0.1) is 5.82 Å². The summed E-state index contributed by atoms with van der Waals surface area (Å²) in [6.07, 6.45) is 2.49. The molecule has 2 atom stereocenters. The summed E-state index contributed by atoms with van der Waals surface area (Å²) in [7, 11) is 1.51. The van der Waals surface area contributed by atoms with Crippen molar-refractivity contribution in [1.82, 2.24) is 4.98 Å². The summed E-state index contributed by atoms with van der Waals surface area (Å²) < 4.78 is 31.8. The molecule has 0 radical (unpaired) electrons. The number of anilines is 1. The minimum absolute atomic E-state index is 0.00243. The van der Waals surface area contributed by atoms with Crippen LogP contribution < -0.4 is 19.1 Å². The molecule has 10 heteroatoms. The minimum atomic E-state index is -1.03. The Hall–Kier alpha value is -4.44. The van der Waals surface area contributed by atoms with Crippen LogP contribution in [0.5, 0.6) is 17.2 Å². The molecule has 4 aromatic rings. The molecule has 216 valence electrons. The summed E-state index contributed by atoms with van der Waals surface area (Å²) in [5.41, 5.74) is 2.22. The van der Waals surface area contributed by atoms with Gasteiger partial charge in [-0.15, -0.1) is 0 Å². The lowest BCUT2D eigenvalue weighted by Gasteiger charge is -2.24. The Labute approximate surface area is 246 Å². The van der Waals surface area contributed by atoms with Crippen LogP contribution in [0.4, 0.5) is 9.52 Å². The highest BCUT2D eigenvalue weighted by Gasteiger charge is 2.48. The Morgan fingerprint density at radius 3 is 2.76 bits per heavy atom. The van der Waals surface area contributed by atoms with E-state index < -0.39 is 23.5 Å². The Balaban J connectivity index is 1.51. The van der Waals surface area contributed by atoms with Gasteiger partial charge in [-0.25, -0.2) is 9.37 Å². The van der Waals surface area contributed by atoms with E-state index in [4.69, 9.17) is 14.2 Å². The van der Waals surface area contributed by atoms with E-state index in [1.165, 1.54) is 30.2 Å². The molecule has 0 spiro atoms. The van der Waals surface area contributed by atoms with Crippen molar-refractivity contribution in [3.63, 3.8) is 0 Å². The number of halogens is 1. The van der Waals surface area contributed by atoms with Crippen molar-refractivity contribution in [3.05, 3.63) is 82.7 Å².